The van der Waals surface area contributed by atoms with Crippen LogP contribution in [0, 0.1) is 0 Å². The van der Waals surface area contributed by atoms with Gasteiger partial charge in [0.2, 0.25) is 0 Å². The number of ether oxygens (including phenoxy) is 2. The molecule has 2 aromatic rings. The van der Waals surface area contributed by atoms with Gasteiger partial charge >= 0.3 is 11.9 Å². The number of aromatic hydroxyl groups is 1. The first kappa shape index (κ1) is 14.6. The summed E-state index contributed by atoms with van der Waals surface area (Å²) in [7, 11) is 0. The monoisotopic (exact) mass is 286 g/mol. The average molecular weight is 286 g/mol. The fraction of sp³-hybridized carbons (Fsp3) is 0.125. The number of hydrogen-bond donors (Lipinski definition) is 1. The van der Waals surface area contributed by atoms with Gasteiger partial charge in [-0.25, -0.2) is 4.79 Å². The zero-order chi connectivity index (χ0) is 15.2. The minimum Gasteiger partial charge on any atom is -0.508 e. The summed E-state index contributed by atoms with van der Waals surface area (Å²) in [4.78, 5) is 22.7. The second-order valence-corrected chi connectivity index (χ2v) is 4.33. The number of hydrogen-bond acceptors (Lipinski definition) is 5. The maximum absolute atomic E-state index is 11.9. The quantitative estimate of drug-likeness (QED) is 0.691. The molecule has 1 N–H and O–H groups in total. The molecule has 0 aliphatic heterocycles. The van der Waals surface area contributed by atoms with E-state index >= 15 is 0 Å². The molecule has 0 amide bonds. The SMILES string of the molecule is CC(=O)OCc1cc(OC(=O)c2ccccc2)ccc1O. The van der Waals surface area contributed by atoms with Crippen LogP contribution in [0.1, 0.15) is 22.8 Å². The third-order valence-corrected chi connectivity index (χ3v) is 2.70. The lowest BCUT2D eigenvalue weighted by Gasteiger charge is -2.08. The smallest absolute Gasteiger partial charge is 0.343 e. The zero-order valence-electron chi connectivity index (χ0n) is 11.4. The van der Waals surface area contributed by atoms with E-state index < -0.39 is 11.9 Å². The lowest BCUT2D eigenvalue weighted by atomic mass is 10.2. The molecule has 0 aliphatic rings. The van der Waals surface area contributed by atoms with Gasteiger partial charge in [0.05, 0.1) is 5.56 Å². The molecule has 0 saturated carbocycles. The third kappa shape index (κ3) is 4.07. The van der Waals surface area contributed by atoms with E-state index in [1.54, 1.807) is 30.3 Å². The molecule has 21 heavy (non-hydrogen) atoms. The van der Waals surface area contributed by atoms with Crippen molar-refractivity contribution in [1.29, 1.82) is 0 Å². The van der Waals surface area contributed by atoms with E-state index in [1.807, 2.05) is 0 Å². The van der Waals surface area contributed by atoms with E-state index in [0.29, 0.717) is 11.1 Å². The first-order valence-corrected chi connectivity index (χ1v) is 6.29. The minimum absolute atomic E-state index is 0.0317. The summed E-state index contributed by atoms with van der Waals surface area (Å²) in [5.74, 6) is -0.722. The molecule has 2 rings (SSSR count). The minimum atomic E-state index is -0.500. The van der Waals surface area contributed by atoms with Crippen molar-refractivity contribution in [2.24, 2.45) is 0 Å². The predicted octanol–water partition coefficient (Wildman–Crippen LogP) is 2.67. The van der Waals surface area contributed by atoms with Crippen molar-refractivity contribution >= 4 is 11.9 Å². The summed E-state index contributed by atoms with van der Waals surface area (Å²) in [5.41, 5.74) is 0.788. The topological polar surface area (TPSA) is 72.8 Å². The molecule has 5 heteroatoms. The summed E-state index contributed by atoms with van der Waals surface area (Å²) < 4.78 is 10.0. The van der Waals surface area contributed by atoms with Gasteiger partial charge in [0.15, 0.2) is 0 Å². The van der Waals surface area contributed by atoms with Crippen LogP contribution in [0.2, 0.25) is 0 Å². The first-order valence-electron chi connectivity index (χ1n) is 6.29. The lowest BCUT2D eigenvalue weighted by Crippen LogP contribution is -2.08. The largest absolute Gasteiger partial charge is 0.508 e. The Morgan fingerprint density at radius 3 is 2.48 bits per heavy atom. The molecule has 0 saturated heterocycles. The number of phenols is 1. The molecule has 0 aromatic heterocycles. The summed E-state index contributed by atoms with van der Waals surface area (Å²) in [5, 5.41) is 9.67. The maximum atomic E-state index is 11.9. The molecule has 0 heterocycles. The van der Waals surface area contributed by atoms with Crippen LogP contribution in [0.3, 0.4) is 0 Å². The van der Waals surface area contributed by atoms with E-state index in [0.717, 1.165) is 0 Å². The van der Waals surface area contributed by atoms with Gasteiger partial charge in [-0.3, -0.25) is 4.79 Å². The summed E-state index contributed by atoms with van der Waals surface area (Å²) in [6.07, 6.45) is 0. The Hall–Kier alpha value is -2.82. The van der Waals surface area contributed by atoms with Gasteiger partial charge in [-0.05, 0) is 30.3 Å². The molecular weight excluding hydrogens is 272 g/mol. The van der Waals surface area contributed by atoms with Crippen LogP contribution in [0.5, 0.6) is 11.5 Å². The van der Waals surface area contributed by atoms with Gasteiger partial charge in [-0.15, -0.1) is 0 Å². The molecule has 108 valence electrons. The molecule has 0 spiro atoms. The Balaban J connectivity index is 2.12. The number of esters is 2. The van der Waals surface area contributed by atoms with Crippen LogP contribution in [-0.2, 0) is 16.1 Å². The maximum Gasteiger partial charge on any atom is 0.343 e. The van der Waals surface area contributed by atoms with Crippen molar-refractivity contribution in [3.63, 3.8) is 0 Å². The standard InChI is InChI=1S/C16H14O5/c1-11(17)20-10-13-9-14(7-8-15(13)18)21-16(19)12-5-3-2-4-6-12/h2-9,18H,10H2,1H3. The molecule has 0 fully saturated rings. The van der Waals surface area contributed by atoms with Crippen LogP contribution in [0.4, 0.5) is 0 Å². The number of carbonyl (C=O) groups excluding carboxylic acids is 2. The summed E-state index contributed by atoms with van der Waals surface area (Å²) in [6, 6.07) is 12.9. The van der Waals surface area contributed by atoms with Crippen molar-refractivity contribution in [2.75, 3.05) is 0 Å². The van der Waals surface area contributed by atoms with Crippen molar-refractivity contribution in [1.82, 2.24) is 0 Å². The number of benzene rings is 2. The molecule has 0 bridgehead atoms. The van der Waals surface area contributed by atoms with Crippen LogP contribution < -0.4 is 4.74 Å². The van der Waals surface area contributed by atoms with Crippen LogP contribution >= 0.6 is 0 Å². The molecule has 0 aliphatic carbocycles. The van der Waals surface area contributed by atoms with Gasteiger partial charge in [-0.1, -0.05) is 18.2 Å². The highest BCUT2D eigenvalue weighted by Gasteiger charge is 2.10. The third-order valence-electron chi connectivity index (χ3n) is 2.70. The molecule has 0 unspecified atom stereocenters. The molecule has 0 radical (unpaired) electrons. The highest BCUT2D eigenvalue weighted by molar-refractivity contribution is 5.91. The van der Waals surface area contributed by atoms with Crippen molar-refractivity contribution in [3.05, 3.63) is 59.7 Å². The summed E-state index contributed by atoms with van der Waals surface area (Å²) >= 11 is 0. The van der Waals surface area contributed by atoms with E-state index in [1.165, 1.54) is 25.1 Å². The van der Waals surface area contributed by atoms with E-state index in [-0.39, 0.29) is 18.1 Å². The van der Waals surface area contributed by atoms with Crippen LogP contribution in [0.15, 0.2) is 48.5 Å². The second-order valence-electron chi connectivity index (χ2n) is 4.33. The molecule has 2 aromatic carbocycles. The average Bonchev–Trinajstić information content (AvgIpc) is 2.48. The fourth-order valence-corrected chi connectivity index (χ4v) is 1.66. The van der Waals surface area contributed by atoms with Gasteiger partial charge in [-0.2, -0.15) is 0 Å². The molecule has 0 atom stereocenters. The van der Waals surface area contributed by atoms with Crippen LogP contribution in [0.25, 0.3) is 0 Å². The van der Waals surface area contributed by atoms with Gasteiger partial charge in [0, 0.05) is 12.5 Å². The number of rotatable bonds is 4. The van der Waals surface area contributed by atoms with Crippen molar-refractivity contribution in [2.45, 2.75) is 13.5 Å². The van der Waals surface area contributed by atoms with Crippen LogP contribution in [-0.4, -0.2) is 17.0 Å². The Morgan fingerprint density at radius 1 is 1.10 bits per heavy atom. The van der Waals surface area contributed by atoms with E-state index in [4.69, 9.17) is 9.47 Å². The number of phenolic OH excluding ortho intramolecular Hbond substituents is 1. The first-order chi connectivity index (χ1) is 10.1. The zero-order valence-corrected chi connectivity index (χ0v) is 11.4. The molecule has 5 nitrogen and oxygen atoms in total. The van der Waals surface area contributed by atoms with Gasteiger partial charge < -0.3 is 14.6 Å². The normalized spacial score (nSPS) is 9.95. The molecular formula is C16H14O5. The fourth-order valence-electron chi connectivity index (χ4n) is 1.66. The lowest BCUT2D eigenvalue weighted by molar-refractivity contribution is -0.142. The predicted molar refractivity (Wildman–Crippen MR) is 75.0 cm³/mol. The summed E-state index contributed by atoms with van der Waals surface area (Å²) in [6.45, 7) is 1.19. The van der Waals surface area contributed by atoms with E-state index in [2.05, 4.69) is 0 Å². The Bertz CT molecular complexity index is 649. The van der Waals surface area contributed by atoms with Crippen molar-refractivity contribution < 1.29 is 24.2 Å². The van der Waals surface area contributed by atoms with E-state index in [9.17, 15) is 14.7 Å². The Morgan fingerprint density at radius 2 is 1.81 bits per heavy atom. The second kappa shape index (κ2) is 6.56. The highest BCUT2D eigenvalue weighted by Crippen LogP contribution is 2.24. The highest BCUT2D eigenvalue weighted by atomic mass is 16.5. The Labute approximate surface area is 121 Å². The van der Waals surface area contributed by atoms with Crippen molar-refractivity contribution in [3.8, 4) is 11.5 Å². The van der Waals surface area contributed by atoms with Gasteiger partial charge in [0.1, 0.15) is 18.1 Å². The Kier molecular flexibility index (Phi) is 4.56. The number of carbonyl (C=O) groups is 2. The van der Waals surface area contributed by atoms with Gasteiger partial charge in [0.25, 0.3) is 0 Å².